The first-order chi connectivity index (χ1) is 11.1. The number of hydrogen-bond acceptors (Lipinski definition) is 3. The molecule has 0 radical (unpaired) electrons. The van der Waals surface area contributed by atoms with E-state index in [1.165, 1.54) is 11.8 Å². The van der Waals surface area contributed by atoms with E-state index in [1.807, 2.05) is 58.9 Å². The van der Waals surface area contributed by atoms with Gasteiger partial charge in [0.1, 0.15) is 5.75 Å². The molecule has 128 valence electrons. The van der Waals surface area contributed by atoms with E-state index in [9.17, 15) is 9.90 Å². The van der Waals surface area contributed by atoms with E-state index in [4.69, 9.17) is 11.6 Å². The highest BCUT2D eigenvalue weighted by Gasteiger charge is 2.29. The molecule has 1 amide bonds. The topological polar surface area (TPSA) is 49.3 Å². The van der Waals surface area contributed by atoms with Gasteiger partial charge < -0.3 is 10.4 Å². The zero-order valence-electron chi connectivity index (χ0n) is 14.5. The molecule has 5 heteroatoms. The highest BCUT2D eigenvalue weighted by molar-refractivity contribution is 8.01. The highest BCUT2D eigenvalue weighted by Crippen LogP contribution is 2.36. The van der Waals surface area contributed by atoms with Crippen LogP contribution < -0.4 is 5.32 Å². The van der Waals surface area contributed by atoms with Gasteiger partial charge in [0, 0.05) is 15.6 Å². The molecule has 0 heterocycles. The van der Waals surface area contributed by atoms with E-state index in [0.717, 1.165) is 27.3 Å². The molecule has 0 saturated carbocycles. The monoisotopic (exact) mass is 363 g/mol. The Morgan fingerprint density at radius 3 is 2.29 bits per heavy atom. The number of carbonyl (C=O) groups is 1. The van der Waals surface area contributed by atoms with Crippen LogP contribution in [0, 0.1) is 20.8 Å². The van der Waals surface area contributed by atoms with Crippen molar-refractivity contribution in [3.8, 4) is 5.75 Å². The minimum atomic E-state index is -0.653. The molecule has 0 atom stereocenters. The van der Waals surface area contributed by atoms with Gasteiger partial charge in [0.2, 0.25) is 5.91 Å². The molecule has 2 aromatic carbocycles. The van der Waals surface area contributed by atoms with Gasteiger partial charge in [-0.2, -0.15) is 0 Å². The highest BCUT2D eigenvalue weighted by atomic mass is 35.5. The number of carbonyl (C=O) groups excluding carboxylic acids is 1. The van der Waals surface area contributed by atoms with E-state index >= 15 is 0 Å². The number of amides is 1. The van der Waals surface area contributed by atoms with Crippen LogP contribution in [0.5, 0.6) is 5.75 Å². The average Bonchev–Trinajstić information content (AvgIpc) is 2.52. The predicted octanol–water partition coefficient (Wildman–Crippen LogP) is 5.48. The van der Waals surface area contributed by atoms with Gasteiger partial charge in [0.25, 0.3) is 0 Å². The van der Waals surface area contributed by atoms with Gasteiger partial charge in [-0.25, -0.2) is 0 Å². The van der Waals surface area contributed by atoms with Crippen molar-refractivity contribution in [2.45, 2.75) is 44.3 Å². The summed E-state index contributed by atoms with van der Waals surface area (Å²) < 4.78 is -0.653. The van der Waals surface area contributed by atoms with Crippen LogP contribution in [0.25, 0.3) is 0 Å². The molecule has 0 unspecified atom stereocenters. The Bertz CT molecular complexity index is 770. The minimum Gasteiger partial charge on any atom is -0.507 e. The predicted molar refractivity (Wildman–Crippen MR) is 102 cm³/mol. The zero-order chi connectivity index (χ0) is 18.1. The number of nitrogens with one attached hydrogen (secondary N) is 1. The third-order valence-electron chi connectivity index (χ3n) is 4.04. The van der Waals surface area contributed by atoms with Crippen LogP contribution >= 0.6 is 23.4 Å². The van der Waals surface area contributed by atoms with Crippen molar-refractivity contribution in [3.63, 3.8) is 0 Å². The quantitative estimate of drug-likeness (QED) is 0.558. The Morgan fingerprint density at radius 1 is 1.12 bits per heavy atom. The van der Waals surface area contributed by atoms with Crippen molar-refractivity contribution < 1.29 is 9.90 Å². The summed E-state index contributed by atoms with van der Waals surface area (Å²) in [4.78, 5) is 13.7. The van der Waals surface area contributed by atoms with Crippen molar-refractivity contribution in [3.05, 3.63) is 52.0 Å². The second kappa shape index (κ2) is 7.08. The number of aryl methyl sites for hydroxylation is 1. The van der Waals surface area contributed by atoms with Crippen molar-refractivity contribution in [1.29, 1.82) is 0 Å². The third kappa shape index (κ3) is 4.05. The Labute approximate surface area is 152 Å². The maximum absolute atomic E-state index is 12.7. The largest absolute Gasteiger partial charge is 0.507 e. The summed E-state index contributed by atoms with van der Waals surface area (Å²) in [5, 5.41) is 13.7. The number of halogens is 1. The summed E-state index contributed by atoms with van der Waals surface area (Å²) >= 11 is 7.38. The Kier molecular flexibility index (Phi) is 5.51. The van der Waals surface area contributed by atoms with Crippen LogP contribution in [0.2, 0.25) is 5.02 Å². The molecular formula is C19H22ClNO2S. The first kappa shape index (κ1) is 18.7. The number of phenolic OH excluding ortho intramolecular Hbond substituents is 1. The standard InChI is InChI=1S/C19H22ClNO2S/c1-11-10-16(12(2)13(3)17(11)22)21-18(23)19(4,5)24-15-8-6-14(20)7-9-15/h6-10,22H,1-5H3,(H,21,23). The third-order valence-corrected chi connectivity index (χ3v) is 5.49. The molecular weight excluding hydrogens is 342 g/mol. The Balaban J connectivity index is 2.20. The van der Waals surface area contributed by atoms with Crippen LogP contribution in [-0.4, -0.2) is 15.8 Å². The molecule has 0 aliphatic heterocycles. The summed E-state index contributed by atoms with van der Waals surface area (Å²) in [5.74, 6) is 0.190. The second-order valence-corrected chi connectivity index (χ2v) is 8.49. The zero-order valence-corrected chi connectivity index (χ0v) is 16.1. The van der Waals surface area contributed by atoms with E-state index in [2.05, 4.69) is 5.32 Å². The summed E-state index contributed by atoms with van der Waals surface area (Å²) in [6, 6.07) is 9.24. The van der Waals surface area contributed by atoms with Crippen LogP contribution in [-0.2, 0) is 4.79 Å². The normalized spacial score (nSPS) is 11.4. The minimum absolute atomic E-state index is 0.0879. The lowest BCUT2D eigenvalue weighted by molar-refractivity contribution is -0.117. The first-order valence-corrected chi connectivity index (χ1v) is 8.87. The molecule has 3 nitrogen and oxygen atoms in total. The fourth-order valence-electron chi connectivity index (χ4n) is 2.31. The van der Waals surface area contributed by atoms with Crippen LogP contribution in [0.1, 0.15) is 30.5 Å². The maximum Gasteiger partial charge on any atom is 0.240 e. The van der Waals surface area contributed by atoms with Gasteiger partial charge in [-0.1, -0.05) is 11.6 Å². The lowest BCUT2D eigenvalue weighted by atomic mass is 10.0. The van der Waals surface area contributed by atoms with Crippen LogP contribution in [0.3, 0.4) is 0 Å². The van der Waals surface area contributed by atoms with Crippen molar-refractivity contribution in [2.24, 2.45) is 0 Å². The molecule has 0 bridgehead atoms. The summed E-state index contributed by atoms with van der Waals surface area (Å²) in [6.07, 6.45) is 0. The number of rotatable bonds is 4. The Morgan fingerprint density at radius 2 is 1.71 bits per heavy atom. The van der Waals surface area contributed by atoms with E-state index in [1.54, 1.807) is 6.07 Å². The fourth-order valence-corrected chi connectivity index (χ4v) is 3.45. The van der Waals surface area contributed by atoms with E-state index < -0.39 is 4.75 Å². The lowest BCUT2D eigenvalue weighted by Crippen LogP contribution is -2.34. The van der Waals surface area contributed by atoms with Crippen molar-refractivity contribution in [1.82, 2.24) is 0 Å². The number of benzene rings is 2. The molecule has 0 fully saturated rings. The smallest absolute Gasteiger partial charge is 0.240 e. The van der Waals surface area contributed by atoms with E-state index in [0.29, 0.717) is 5.02 Å². The van der Waals surface area contributed by atoms with Gasteiger partial charge in [-0.05, 0) is 81.6 Å². The number of hydrogen-bond donors (Lipinski definition) is 2. The average molecular weight is 364 g/mol. The molecule has 0 aliphatic carbocycles. The maximum atomic E-state index is 12.7. The molecule has 0 aromatic heterocycles. The van der Waals surface area contributed by atoms with E-state index in [-0.39, 0.29) is 11.7 Å². The van der Waals surface area contributed by atoms with Gasteiger partial charge in [0.15, 0.2) is 0 Å². The SMILES string of the molecule is Cc1cc(NC(=O)C(C)(C)Sc2ccc(Cl)cc2)c(C)c(C)c1O. The van der Waals surface area contributed by atoms with Crippen molar-refractivity contribution >= 4 is 35.0 Å². The van der Waals surface area contributed by atoms with Gasteiger partial charge >= 0.3 is 0 Å². The number of thioether (sulfide) groups is 1. The van der Waals surface area contributed by atoms with Crippen LogP contribution in [0.15, 0.2) is 35.2 Å². The number of phenols is 1. The first-order valence-electron chi connectivity index (χ1n) is 7.67. The number of aromatic hydroxyl groups is 1. The van der Waals surface area contributed by atoms with Crippen molar-refractivity contribution in [2.75, 3.05) is 5.32 Å². The molecule has 0 aliphatic rings. The second-order valence-electron chi connectivity index (χ2n) is 6.36. The molecule has 0 spiro atoms. The number of anilines is 1. The molecule has 2 N–H and O–H groups in total. The molecule has 2 aromatic rings. The summed E-state index contributed by atoms with van der Waals surface area (Å²) in [6.45, 7) is 9.34. The van der Waals surface area contributed by atoms with Gasteiger partial charge in [-0.3, -0.25) is 4.79 Å². The summed E-state index contributed by atoms with van der Waals surface area (Å²) in [5.41, 5.74) is 3.14. The van der Waals surface area contributed by atoms with Gasteiger partial charge in [0.05, 0.1) is 4.75 Å². The fraction of sp³-hybridized carbons (Fsp3) is 0.316. The molecule has 2 rings (SSSR count). The lowest BCUT2D eigenvalue weighted by Gasteiger charge is -2.24. The van der Waals surface area contributed by atoms with Gasteiger partial charge in [-0.15, -0.1) is 11.8 Å². The Hall–Kier alpha value is -1.65. The summed E-state index contributed by atoms with van der Waals surface area (Å²) in [7, 11) is 0. The molecule has 0 saturated heterocycles. The molecule has 24 heavy (non-hydrogen) atoms. The van der Waals surface area contributed by atoms with Crippen LogP contribution in [0.4, 0.5) is 5.69 Å².